The van der Waals surface area contributed by atoms with Gasteiger partial charge < -0.3 is 0 Å². The number of nitrogens with zero attached hydrogens (tertiary/aromatic N) is 2. The van der Waals surface area contributed by atoms with E-state index in [4.69, 9.17) is 0 Å². The van der Waals surface area contributed by atoms with Crippen LogP contribution in [-0.4, -0.2) is 31.3 Å². The van der Waals surface area contributed by atoms with Crippen LogP contribution < -0.4 is 0 Å². The number of thiazole rings is 1. The maximum absolute atomic E-state index is 12.8. The minimum absolute atomic E-state index is 0.123. The normalized spacial score (nSPS) is 11.9. The van der Waals surface area contributed by atoms with Crippen LogP contribution in [0, 0.1) is 5.82 Å². The Balaban J connectivity index is 1.96. The Kier molecular flexibility index (Phi) is 4.85. The topological polar surface area (TPSA) is 50.3 Å². The third-order valence-electron chi connectivity index (χ3n) is 2.86. The quantitative estimate of drug-likeness (QED) is 0.822. The maximum atomic E-state index is 12.8. The number of likely N-dealkylation sites (N-methyl/N-ethyl adjacent to an activating group) is 1. The molecule has 2 rings (SSSR count). The summed E-state index contributed by atoms with van der Waals surface area (Å²) in [5.74, 6) is -0.495. The molecule has 0 radical (unpaired) electrons. The van der Waals surface area contributed by atoms with Crippen molar-refractivity contribution in [2.24, 2.45) is 0 Å². The van der Waals surface area contributed by atoms with Crippen LogP contribution >= 0.6 is 11.3 Å². The molecule has 0 aliphatic heterocycles. The predicted octanol–water partition coefficient (Wildman–Crippen LogP) is 2.29. The van der Waals surface area contributed by atoms with E-state index in [9.17, 15) is 12.8 Å². The van der Waals surface area contributed by atoms with Crippen molar-refractivity contribution in [2.75, 3.05) is 13.6 Å². The third kappa shape index (κ3) is 4.09. The first-order chi connectivity index (χ1) is 9.47. The minimum Gasteiger partial charge on any atom is -0.250 e. The van der Waals surface area contributed by atoms with Crippen molar-refractivity contribution >= 4 is 21.4 Å². The number of hydrogen-bond donors (Lipinski definition) is 0. The lowest BCUT2D eigenvalue weighted by molar-refractivity contribution is 0.471. The lowest BCUT2D eigenvalue weighted by Crippen LogP contribution is -2.30. The molecule has 1 aromatic carbocycles. The van der Waals surface area contributed by atoms with Gasteiger partial charge in [-0.05, 0) is 17.7 Å². The molecule has 2 aromatic rings. The molecule has 4 nitrogen and oxygen atoms in total. The monoisotopic (exact) mass is 314 g/mol. The van der Waals surface area contributed by atoms with E-state index in [2.05, 4.69) is 4.98 Å². The van der Waals surface area contributed by atoms with Gasteiger partial charge in [-0.1, -0.05) is 12.1 Å². The fourth-order valence-corrected chi connectivity index (χ4v) is 3.48. The lowest BCUT2D eigenvalue weighted by atomic mass is 10.2. The molecule has 0 aliphatic rings. The Morgan fingerprint density at radius 1 is 1.30 bits per heavy atom. The number of rotatable bonds is 6. The van der Waals surface area contributed by atoms with Crippen LogP contribution in [0.25, 0.3) is 0 Å². The Hall–Kier alpha value is -1.31. The van der Waals surface area contributed by atoms with E-state index in [1.165, 1.54) is 39.9 Å². The average Bonchev–Trinajstić information content (AvgIpc) is 2.91. The number of halogens is 1. The molecule has 0 saturated heterocycles. The maximum Gasteiger partial charge on any atom is 0.218 e. The van der Waals surface area contributed by atoms with Crippen molar-refractivity contribution in [3.63, 3.8) is 0 Å². The van der Waals surface area contributed by atoms with E-state index in [0.29, 0.717) is 18.5 Å². The standard InChI is InChI=1S/C13H15FN2O2S2/c1-16(8-6-13-15-7-9-19-13)20(17,18)10-11-2-4-12(14)5-3-11/h2-5,7,9H,6,8,10H2,1H3. The van der Waals surface area contributed by atoms with E-state index in [0.717, 1.165) is 5.01 Å². The molecule has 0 bridgehead atoms. The van der Waals surface area contributed by atoms with E-state index >= 15 is 0 Å². The first-order valence-electron chi connectivity index (χ1n) is 6.04. The molecule has 1 heterocycles. The average molecular weight is 314 g/mol. The zero-order valence-corrected chi connectivity index (χ0v) is 12.6. The van der Waals surface area contributed by atoms with Gasteiger partial charge in [0.05, 0.1) is 10.8 Å². The number of benzene rings is 1. The largest absolute Gasteiger partial charge is 0.250 e. The molecule has 20 heavy (non-hydrogen) atoms. The van der Waals surface area contributed by atoms with Crippen LogP contribution in [0.2, 0.25) is 0 Å². The lowest BCUT2D eigenvalue weighted by Gasteiger charge is -2.16. The van der Waals surface area contributed by atoms with Gasteiger partial charge in [0.2, 0.25) is 10.0 Å². The molecule has 0 aliphatic carbocycles. The third-order valence-corrected chi connectivity index (χ3v) is 5.53. The van der Waals surface area contributed by atoms with Gasteiger partial charge >= 0.3 is 0 Å². The molecule has 0 atom stereocenters. The van der Waals surface area contributed by atoms with Gasteiger partial charge in [-0.2, -0.15) is 0 Å². The van der Waals surface area contributed by atoms with Crippen LogP contribution in [0.4, 0.5) is 4.39 Å². The molecular formula is C13H15FN2O2S2. The number of aromatic nitrogens is 1. The highest BCUT2D eigenvalue weighted by atomic mass is 32.2. The first-order valence-corrected chi connectivity index (χ1v) is 8.53. The highest BCUT2D eigenvalue weighted by Crippen LogP contribution is 2.12. The van der Waals surface area contributed by atoms with Crippen molar-refractivity contribution < 1.29 is 12.8 Å². The summed E-state index contributed by atoms with van der Waals surface area (Å²) in [6, 6.07) is 5.50. The first kappa shape index (κ1) is 15.1. The highest BCUT2D eigenvalue weighted by molar-refractivity contribution is 7.88. The SMILES string of the molecule is CN(CCc1nccs1)S(=O)(=O)Cc1ccc(F)cc1. The second-order valence-electron chi connectivity index (χ2n) is 4.38. The summed E-state index contributed by atoms with van der Waals surface area (Å²) in [6.07, 6.45) is 2.30. The number of hydrogen-bond acceptors (Lipinski definition) is 4. The smallest absolute Gasteiger partial charge is 0.218 e. The Labute approximate surface area is 121 Å². The summed E-state index contributed by atoms with van der Waals surface area (Å²) in [5.41, 5.74) is 0.576. The molecule has 0 spiro atoms. The summed E-state index contributed by atoms with van der Waals surface area (Å²) < 4.78 is 38.4. The molecule has 0 fully saturated rings. The van der Waals surface area contributed by atoms with Gasteiger partial charge in [0.1, 0.15) is 5.82 Å². The predicted molar refractivity (Wildman–Crippen MR) is 77.5 cm³/mol. The van der Waals surface area contributed by atoms with Crippen molar-refractivity contribution in [3.8, 4) is 0 Å². The fraction of sp³-hybridized carbons (Fsp3) is 0.308. The molecule has 0 N–H and O–H groups in total. The summed E-state index contributed by atoms with van der Waals surface area (Å²) >= 11 is 1.51. The fourth-order valence-electron chi connectivity index (χ4n) is 1.67. The number of sulfonamides is 1. The van der Waals surface area contributed by atoms with Crippen LogP contribution in [0.3, 0.4) is 0 Å². The molecule has 1 aromatic heterocycles. The summed E-state index contributed by atoms with van der Waals surface area (Å²) in [6.45, 7) is 0.386. The Morgan fingerprint density at radius 3 is 2.60 bits per heavy atom. The van der Waals surface area contributed by atoms with Gasteiger partial charge in [-0.3, -0.25) is 0 Å². The molecular weight excluding hydrogens is 299 g/mol. The molecule has 108 valence electrons. The van der Waals surface area contributed by atoms with Crippen molar-refractivity contribution in [3.05, 3.63) is 52.2 Å². The van der Waals surface area contributed by atoms with Gasteiger partial charge in [0, 0.05) is 31.6 Å². The van der Waals surface area contributed by atoms with Crippen molar-refractivity contribution in [2.45, 2.75) is 12.2 Å². The van der Waals surface area contributed by atoms with Crippen molar-refractivity contribution in [1.82, 2.24) is 9.29 Å². The van der Waals surface area contributed by atoms with Crippen LogP contribution in [0.15, 0.2) is 35.8 Å². The highest BCUT2D eigenvalue weighted by Gasteiger charge is 2.18. The van der Waals surface area contributed by atoms with E-state index in [1.54, 1.807) is 13.2 Å². The summed E-state index contributed by atoms with van der Waals surface area (Å²) in [7, 11) is -1.84. The van der Waals surface area contributed by atoms with Crippen LogP contribution in [0.5, 0.6) is 0 Å². The van der Waals surface area contributed by atoms with Gasteiger partial charge in [-0.25, -0.2) is 22.1 Å². The van der Waals surface area contributed by atoms with Crippen LogP contribution in [-0.2, 0) is 22.2 Å². The zero-order chi connectivity index (χ0) is 14.6. The summed E-state index contributed by atoms with van der Waals surface area (Å²) in [5, 5.41) is 2.77. The zero-order valence-electron chi connectivity index (χ0n) is 11.0. The second kappa shape index (κ2) is 6.43. The second-order valence-corrected chi connectivity index (χ2v) is 7.44. The molecule has 0 saturated carbocycles. The molecule has 0 unspecified atom stereocenters. The van der Waals surface area contributed by atoms with Gasteiger partial charge in [0.25, 0.3) is 0 Å². The van der Waals surface area contributed by atoms with Gasteiger partial charge in [-0.15, -0.1) is 11.3 Å². The van der Waals surface area contributed by atoms with E-state index in [-0.39, 0.29) is 11.6 Å². The van der Waals surface area contributed by atoms with Gasteiger partial charge in [0.15, 0.2) is 0 Å². The summed E-state index contributed by atoms with van der Waals surface area (Å²) in [4.78, 5) is 4.12. The molecule has 0 amide bonds. The van der Waals surface area contributed by atoms with E-state index in [1.807, 2.05) is 5.38 Å². The molecule has 7 heteroatoms. The minimum atomic E-state index is -3.39. The Morgan fingerprint density at radius 2 is 2.00 bits per heavy atom. The van der Waals surface area contributed by atoms with Crippen molar-refractivity contribution in [1.29, 1.82) is 0 Å². The van der Waals surface area contributed by atoms with Crippen LogP contribution in [0.1, 0.15) is 10.6 Å². The van der Waals surface area contributed by atoms with E-state index < -0.39 is 10.0 Å². The Bertz CT molecular complexity index is 640.